The van der Waals surface area contributed by atoms with Crippen molar-refractivity contribution in [3.63, 3.8) is 0 Å². The van der Waals surface area contributed by atoms with E-state index in [1.165, 1.54) is 0 Å². The molecule has 1 aromatic carbocycles. The minimum atomic E-state index is -0.555. The van der Waals surface area contributed by atoms with Crippen LogP contribution in [0.4, 0.5) is 0 Å². The van der Waals surface area contributed by atoms with Gasteiger partial charge in [0, 0.05) is 6.42 Å². The normalized spacial score (nSPS) is 16.6. The van der Waals surface area contributed by atoms with Gasteiger partial charge in [-0.15, -0.1) is 0 Å². The third kappa shape index (κ3) is 5.09. The van der Waals surface area contributed by atoms with Crippen LogP contribution in [0.1, 0.15) is 19.4 Å². The van der Waals surface area contributed by atoms with Crippen molar-refractivity contribution in [2.75, 3.05) is 32.9 Å². The maximum atomic E-state index is 12.3. The quantitative estimate of drug-likeness (QED) is 0.375. The van der Waals surface area contributed by atoms with Crippen molar-refractivity contribution in [1.29, 1.82) is 0 Å². The maximum Gasteiger partial charge on any atom is 0.343 e. The zero-order chi connectivity index (χ0) is 17.4. The summed E-state index contributed by atoms with van der Waals surface area (Å²) in [7, 11) is 0. The Hall–Kier alpha value is -2.34. The van der Waals surface area contributed by atoms with Gasteiger partial charge in [-0.05, 0) is 19.4 Å². The number of nitrogens with zero attached hydrogens (tertiary/aromatic N) is 2. The average molecular weight is 332 g/mol. The topological polar surface area (TPSA) is 71.4 Å². The van der Waals surface area contributed by atoms with Gasteiger partial charge in [-0.3, -0.25) is 5.01 Å². The Morgan fingerprint density at radius 2 is 1.96 bits per heavy atom. The summed E-state index contributed by atoms with van der Waals surface area (Å²) >= 11 is 0. The zero-order valence-electron chi connectivity index (χ0n) is 14.2. The molecule has 0 aliphatic carbocycles. The van der Waals surface area contributed by atoms with E-state index in [-0.39, 0.29) is 24.4 Å². The number of ether oxygens (including phenoxy) is 2. The first-order valence-electron chi connectivity index (χ1n) is 8.13. The molecule has 0 amide bonds. The highest BCUT2D eigenvalue weighted by Gasteiger charge is 2.21. The van der Waals surface area contributed by atoms with Crippen LogP contribution in [0.5, 0.6) is 0 Å². The Balaban J connectivity index is 2.26. The van der Waals surface area contributed by atoms with Crippen molar-refractivity contribution in [3.8, 4) is 0 Å². The van der Waals surface area contributed by atoms with Gasteiger partial charge in [0.25, 0.3) is 0 Å². The Morgan fingerprint density at radius 1 is 1.29 bits per heavy atom. The van der Waals surface area contributed by atoms with E-state index in [0.717, 1.165) is 5.56 Å². The first-order valence-corrected chi connectivity index (χ1v) is 8.13. The van der Waals surface area contributed by atoms with Crippen LogP contribution in [0.25, 0.3) is 0 Å². The summed E-state index contributed by atoms with van der Waals surface area (Å²) in [4.78, 5) is 12.3. The fraction of sp³-hybridized carbons (Fsp3) is 0.444. The second-order valence-corrected chi connectivity index (χ2v) is 5.46. The van der Waals surface area contributed by atoms with Gasteiger partial charge < -0.3 is 14.6 Å². The molecule has 1 fully saturated rings. The van der Waals surface area contributed by atoms with Gasteiger partial charge in [-0.2, -0.15) is 5.10 Å². The lowest BCUT2D eigenvalue weighted by molar-refractivity contribution is -0.138. The molecule has 0 atom stereocenters. The third-order valence-electron chi connectivity index (χ3n) is 3.62. The van der Waals surface area contributed by atoms with Crippen molar-refractivity contribution >= 4 is 11.7 Å². The number of rotatable bonds is 6. The summed E-state index contributed by atoms with van der Waals surface area (Å²) < 4.78 is 10.4. The van der Waals surface area contributed by atoms with Crippen LogP contribution in [-0.4, -0.2) is 54.7 Å². The molecule has 0 aromatic heterocycles. The molecule has 1 heterocycles. The molecule has 0 bridgehead atoms. The number of aliphatic hydroxyl groups excluding tert-OH is 1. The Bertz CT molecular complexity index is 605. The van der Waals surface area contributed by atoms with Crippen LogP contribution < -0.4 is 0 Å². The highest BCUT2D eigenvalue weighted by molar-refractivity contribution is 6.19. The van der Waals surface area contributed by atoms with Crippen molar-refractivity contribution in [2.45, 2.75) is 20.3 Å². The van der Waals surface area contributed by atoms with Crippen LogP contribution in [-0.2, 0) is 20.7 Å². The number of allylic oxidation sites excluding steroid dienone is 1. The number of morpholine rings is 1. The highest BCUT2D eigenvalue weighted by Crippen LogP contribution is 2.14. The lowest BCUT2D eigenvalue weighted by atomic mass is 10.0. The van der Waals surface area contributed by atoms with Crippen molar-refractivity contribution in [1.82, 2.24) is 5.01 Å². The first-order chi connectivity index (χ1) is 11.6. The lowest BCUT2D eigenvalue weighted by Crippen LogP contribution is -2.33. The molecule has 6 heteroatoms. The molecular weight excluding hydrogens is 308 g/mol. The molecule has 24 heavy (non-hydrogen) atoms. The monoisotopic (exact) mass is 332 g/mol. The van der Waals surface area contributed by atoms with Gasteiger partial charge in [-0.25, -0.2) is 4.79 Å². The summed E-state index contributed by atoms with van der Waals surface area (Å²) in [5.74, 6) is -0.588. The van der Waals surface area contributed by atoms with Crippen molar-refractivity contribution in [3.05, 3.63) is 47.2 Å². The minimum Gasteiger partial charge on any atom is -0.511 e. The highest BCUT2D eigenvalue weighted by atomic mass is 16.5. The molecular formula is C18H24N2O4. The molecule has 0 unspecified atom stereocenters. The molecule has 1 aliphatic heterocycles. The molecule has 6 nitrogen and oxygen atoms in total. The molecule has 1 saturated heterocycles. The summed E-state index contributed by atoms with van der Waals surface area (Å²) in [6.45, 7) is 6.21. The molecule has 1 aliphatic rings. The number of carbonyl (C=O) groups excluding carboxylic acids is 1. The number of hydrazone groups is 1. The maximum absolute atomic E-state index is 12.3. The van der Waals surface area contributed by atoms with E-state index in [2.05, 4.69) is 5.10 Å². The number of benzene rings is 1. The second-order valence-electron chi connectivity index (χ2n) is 5.46. The van der Waals surface area contributed by atoms with E-state index >= 15 is 0 Å². The van der Waals surface area contributed by atoms with E-state index in [9.17, 15) is 9.90 Å². The molecule has 0 radical (unpaired) electrons. The van der Waals surface area contributed by atoms with Gasteiger partial charge in [0.1, 0.15) is 11.3 Å². The largest absolute Gasteiger partial charge is 0.511 e. The van der Waals surface area contributed by atoms with Gasteiger partial charge in [-0.1, -0.05) is 30.3 Å². The molecule has 0 saturated carbocycles. The summed E-state index contributed by atoms with van der Waals surface area (Å²) in [6.07, 6.45) is 0.255. The van der Waals surface area contributed by atoms with Crippen LogP contribution in [0.3, 0.4) is 0 Å². The standard InChI is InChI=1S/C18H24N2O4/c1-3-24-18(22)17(14(2)19-20-9-11-23-12-10-20)16(21)13-15-7-5-4-6-8-15/h4-8,21H,3,9-13H2,1-2H3. The number of aliphatic hydroxyl groups is 1. The summed E-state index contributed by atoms with van der Waals surface area (Å²) in [5.41, 5.74) is 1.49. The van der Waals surface area contributed by atoms with Gasteiger partial charge in [0.15, 0.2) is 0 Å². The summed E-state index contributed by atoms with van der Waals surface area (Å²) in [6, 6.07) is 9.48. The van der Waals surface area contributed by atoms with Crippen LogP contribution in [0.15, 0.2) is 46.8 Å². The Labute approximate surface area is 142 Å². The van der Waals surface area contributed by atoms with Gasteiger partial charge in [0.2, 0.25) is 0 Å². The van der Waals surface area contributed by atoms with E-state index < -0.39 is 5.97 Å². The fourth-order valence-electron chi connectivity index (χ4n) is 2.47. The average Bonchev–Trinajstić information content (AvgIpc) is 2.57. The Morgan fingerprint density at radius 3 is 2.58 bits per heavy atom. The third-order valence-corrected chi connectivity index (χ3v) is 3.62. The lowest BCUT2D eigenvalue weighted by Gasteiger charge is -2.25. The molecule has 130 valence electrons. The predicted octanol–water partition coefficient (Wildman–Crippen LogP) is 2.31. The molecule has 1 aromatic rings. The van der Waals surface area contributed by atoms with Crippen LogP contribution in [0.2, 0.25) is 0 Å². The Kier molecular flexibility index (Phi) is 6.81. The number of hydrogen-bond acceptors (Lipinski definition) is 6. The first kappa shape index (κ1) is 18.0. The number of esters is 1. The molecule has 1 N–H and O–H groups in total. The zero-order valence-corrected chi connectivity index (χ0v) is 14.2. The smallest absolute Gasteiger partial charge is 0.343 e. The van der Waals surface area contributed by atoms with E-state index in [1.807, 2.05) is 35.3 Å². The van der Waals surface area contributed by atoms with E-state index in [1.54, 1.807) is 13.8 Å². The minimum absolute atomic E-state index is 0.0332. The van der Waals surface area contributed by atoms with Crippen LogP contribution >= 0.6 is 0 Å². The summed E-state index contributed by atoms with van der Waals surface area (Å²) in [5, 5.41) is 16.8. The second kappa shape index (κ2) is 9.08. The van der Waals surface area contributed by atoms with E-state index in [0.29, 0.717) is 32.0 Å². The number of hydrogen-bond donors (Lipinski definition) is 1. The number of carbonyl (C=O) groups is 1. The van der Waals surface area contributed by atoms with E-state index in [4.69, 9.17) is 9.47 Å². The van der Waals surface area contributed by atoms with Gasteiger partial charge >= 0.3 is 5.97 Å². The molecule has 0 spiro atoms. The van der Waals surface area contributed by atoms with Crippen molar-refractivity contribution in [2.24, 2.45) is 5.10 Å². The molecule has 2 rings (SSSR count). The fourth-order valence-corrected chi connectivity index (χ4v) is 2.47. The van der Waals surface area contributed by atoms with Crippen LogP contribution in [0, 0.1) is 0 Å². The predicted molar refractivity (Wildman–Crippen MR) is 91.9 cm³/mol. The van der Waals surface area contributed by atoms with Crippen molar-refractivity contribution < 1.29 is 19.4 Å². The van der Waals surface area contributed by atoms with Gasteiger partial charge in [0.05, 0.1) is 38.6 Å². The SMILES string of the molecule is CCOC(=O)C(C(C)=NN1CCOCC1)=C(O)Cc1ccccc1.